The standard InChI is InChI=1S/C13H20BNO2/c1-4-17-13(16)12(9-10(2)3)11-5-7-15(14)8-6-11/h2,4-9H2,1,3H3. The number of esters is 1. The van der Waals surface area contributed by atoms with Crippen molar-refractivity contribution in [1.82, 2.24) is 4.81 Å². The zero-order chi connectivity index (χ0) is 12.8. The van der Waals surface area contributed by atoms with Gasteiger partial charge in [-0.2, -0.15) is 0 Å². The molecule has 0 aromatic heterocycles. The van der Waals surface area contributed by atoms with Crippen LogP contribution in [-0.4, -0.2) is 38.5 Å². The van der Waals surface area contributed by atoms with Crippen molar-refractivity contribution in [2.75, 3.05) is 19.7 Å². The van der Waals surface area contributed by atoms with Crippen LogP contribution >= 0.6 is 0 Å². The summed E-state index contributed by atoms with van der Waals surface area (Å²) in [6.07, 6.45) is 2.30. The number of carbonyl (C=O) groups excluding carboxylic acids is 1. The van der Waals surface area contributed by atoms with Gasteiger partial charge in [0.1, 0.15) is 0 Å². The van der Waals surface area contributed by atoms with Crippen LogP contribution in [0.15, 0.2) is 23.3 Å². The summed E-state index contributed by atoms with van der Waals surface area (Å²) in [5.41, 5.74) is 2.94. The van der Waals surface area contributed by atoms with Crippen LogP contribution in [0.4, 0.5) is 0 Å². The lowest BCUT2D eigenvalue weighted by Crippen LogP contribution is -2.29. The van der Waals surface area contributed by atoms with Crippen molar-refractivity contribution >= 4 is 14.0 Å². The summed E-state index contributed by atoms with van der Waals surface area (Å²) in [6.45, 7) is 9.63. The Hall–Kier alpha value is -1.03. The molecule has 0 aliphatic carbocycles. The smallest absolute Gasteiger partial charge is 0.334 e. The topological polar surface area (TPSA) is 29.5 Å². The maximum atomic E-state index is 11.9. The Labute approximate surface area is 105 Å². The molecule has 0 N–H and O–H groups in total. The number of hydrogen-bond donors (Lipinski definition) is 0. The second-order valence-corrected chi connectivity index (χ2v) is 4.47. The van der Waals surface area contributed by atoms with E-state index in [0.29, 0.717) is 13.0 Å². The molecule has 0 spiro atoms. The molecular weight excluding hydrogens is 213 g/mol. The summed E-state index contributed by atoms with van der Waals surface area (Å²) in [4.78, 5) is 13.7. The zero-order valence-corrected chi connectivity index (χ0v) is 10.8. The number of piperidine rings is 1. The normalized spacial score (nSPS) is 16.7. The SMILES string of the molecule is [B]N1CCC(=C(CC(=C)C)C(=O)OCC)CC1. The van der Waals surface area contributed by atoms with E-state index in [4.69, 9.17) is 12.7 Å². The first kappa shape index (κ1) is 14.0. The molecule has 1 fully saturated rings. The van der Waals surface area contributed by atoms with Crippen molar-refractivity contribution in [3.8, 4) is 0 Å². The van der Waals surface area contributed by atoms with Gasteiger partial charge in [-0.3, -0.25) is 0 Å². The van der Waals surface area contributed by atoms with E-state index in [1.165, 1.54) is 5.57 Å². The molecule has 0 unspecified atom stereocenters. The molecule has 1 aliphatic heterocycles. The fourth-order valence-corrected chi connectivity index (χ4v) is 1.96. The van der Waals surface area contributed by atoms with Gasteiger partial charge in [0, 0.05) is 5.57 Å². The van der Waals surface area contributed by atoms with Crippen LogP contribution in [0.5, 0.6) is 0 Å². The van der Waals surface area contributed by atoms with Gasteiger partial charge in [-0.1, -0.05) is 17.7 Å². The summed E-state index contributed by atoms with van der Waals surface area (Å²) < 4.78 is 5.10. The Balaban J connectivity index is 2.84. The van der Waals surface area contributed by atoms with E-state index in [1.54, 1.807) is 4.81 Å². The largest absolute Gasteiger partial charge is 0.463 e. The zero-order valence-electron chi connectivity index (χ0n) is 10.8. The lowest BCUT2D eigenvalue weighted by atomic mass is 9.93. The maximum Gasteiger partial charge on any atom is 0.334 e. The van der Waals surface area contributed by atoms with Crippen LogP contribution in [0.1, 0.15) is 33.1 Å². The van der Waals surface area contributed by atoms with Crippen LogP contribution in [0.25, 0.3) is 0 Å². The molecule has 1 saturated heterocycles. The molecule has 0 aromatic carbocycles. The summed E-state index contributed by atoms with van der Waals surface area (Å²) in [5.74, 6) is -0.198. The number of hydrogen-bond acceptors (Lipinski definition) is 3. The van der Waals surface area contributed by atoms with Crippen LogP contribution in [0.3, 0.4) is 0 Å². The maximum absolute atomic E-state index is 11.9. The predicted molar refractivity (Wildman–Crippen MR) is 69.7 cm³/mol. The Morgan fingerprint density at radius 3 is 2.53 bits per heavy atom. The highest BCUT2D eigenvalue weighted by molar-refractivity contribution is 6.04. The minimum absolute atomic E-state index is 0.198. The van der Waals surface area contributed by atoms with Gasteiger partial charge >= 0.3 is 5.97 Å². The van der Waals surface area contributed by atoms with E-state index in [9.17, 15) is 4.79 Å². The summed E-state index contributed by atoms with van der Waals surface area (Å²) in [5, 5.41) is 0. The van der Waals surface area contributed by atoms with E-state index in [1.807, 2.05) is 13.8 Å². The first-order chi connectivity index (χ1) is 8.04. The molecule has 17 heavy (non-hydrogen) atoms. The van der Waals surface area contributed by atoms with Crippen molar-refractivity contribution in [3.63, 3.8) is 0 Å². The van der Waals surface area contributed by atoms with Crippen molar-refractivity contribution < 1.29 is 9.53 Å². The molecule has 0 atom stereocenters. The molecule has 1 heterocycles. The van der Waals surface area contributed by atoms with E-state index >= 15 is 0 Å². The average molecular weight is 233 g/mol. The molecule has 2 radical (unpaired) electrons. The van der Waals surface area contributed by atoms with Crippen LogP contribution in [0, 0.1) is 0 Å². The second-order valence-electron chi connectivity index (χ2n) is 4.47. The number of carbonyl (C=O) groups is 1. The Morgan fingerprint density at radius 1 is 1.47 bits per heavy atom. The van der Waals surface area contributed by atoms with Gasteiger partial charge in [-0.15, -0.1) is 0 Å². The first-order valence-corrected chi connectivity index (χ1v) is 6.06. The third-order valence-corrected chi connectivity index (χ3v) is 2.83. The van der Waals surface area contributed by atoms with Crippen molar-refractivity contribution in [3.05, 3.63) is 23.3 Å². The molecule has 3 nitrogen and oxygen atoms in total. The fraction of sp³-hybridized carbons (Fsp3) is 0.615. The lowest BCUT2D eigenvalue weighted by Gasteiger charge is -2.26. The van der Waals surface area contributed by atoms with Crippen LogP contribution in [0.2, 0.25) is 0 Å². The lowest BCUT2D eigenvalue weighted by molar-refractivity contribution is -0.138. The van der Waals surface area contributed by atoms with E-state index in [-0.39, 0.29) is 5.97 Å². The highest BCUT2D eigenvalue weighted by atomic mass is 16.5. The minimum Gasteiger partial charge on any atom is -0.463 e. The highest BCUT2D eigenvalue weighted by Gasteiger charge is 2.19. The van der Waals surface area contributed by atoms with Gasteiger partial charge < -0.3 is 9.55 Å². The molecule has 1 aliphatic rings. The van der Waals surface area contributed by atoms with Gasteiger partial charge in [-0.25, -0.2) is 4.79 Å². The second kappa shape index (κ2) is 6.65. The quantitative estimate of drug-likeness (QED) is 0.322. The minimum atomic E-state index is -0.198. The molecule has 0 bridgehead atoms. The number of rotatable bonds is 4. The van der Waals surface area contributed by atoms with Crippen molar-refractivity contribution in [1.29, 1.82) is 0 Å². The van der Waals surface area contributed by atoms with Crippen LogP contribution < -0.4 is 0 Å². The van der Waals surface area contributed by atoms with Crippen molar-refractivity contribution in [2.45, 2.75) is 33.1 Å². The van der Waals surface area contributed by atoms with Gasteiger partial charge in [-0.05, 0) is 46.2 Å². The number of ether oxygens (including phenoxy) is 1. The molecule has 0 amide bonds. The van der Waals surface area contributed by atoms with E-state index in [0.717, 1.165) is 37.1 Å². The molecular formula is C13H20BNO2. The molecule has 1 rings (SSSR count). The van der Waals surface area contributed by atoms with E-state index < -0.39 is 0 Å². The van der Waals surface area contributed by atoms with Crippen molar-refractivity contribution in [2.24, 2.45) is 0 Å². The fourth-order valence-electron chi connectivity index (χ4n) is 1.96. The monoisotopic (exact) mass is 233 g/mol. The summed E-state index contributed by atoms with van der Waals surface area (Å²) >= 11 is 0. The van der Waals surface area contributed by atoms with Gasteiger partial charge in [0.2, 0.25) is 0 Å². The number of allylic oxidation sites excluding steroid dienone is 1. The Morgan fingerprint density at radius 2 is 2.06 bits per heavy atom. The molecule has 92 valence electrons. The van der Waals surface area contributed by atoms with Gasteiger partial charge in [0.15, 0.2) is 7.98 Å². The predicted octanol–water partition coefficient (Wildman–Crippen LogP) is 1.99. The molecule has 0 saturated carbocycles. The number of nitrogens with zero attached hydrogens (tertiary/aromatic N) is 1. The molecule has 0 aromatic rings. The first-order valence-electron chi connectivity index (χ1n) is 6.06. The van der Waals surface area contributed by atoms with Crippen LogP contribution in [-0.2, 0) is 9.53 Å². The van der Waals surface area contributed by atoms with E-state index in [2.05, 4.69) is 6.58 Å². The third kappa shape index (κ3) is 4.39. The highest BCUT2D eigenvalue weighted by Crippen LogP contribution is 2.24. The average Bonchev–Trinajstić information content (AvgIpc) is 2.27. The Bertz CT molecular complexity index is 326. The third-order valence-electron chi connectivity index (χ3n) is 2.83. The Kier molecular flexibility index (Phi) is 5.49. The summed E-state index contributed by atoms with van der Waals surface area (Å²) in [7, 11) is 5.71. The van der Waals surface area contributed by atoms with Gasteiger partial charge in [0.25, 0.3) is 0 Å². The molecule has 4 heteroatoms. The summed E-state index contributed by atoms with van der Waals surface area (Å²) in [6, 6.07) is 0. The van der Waals surface area contributed by atoms with Gasteiger partial charge in [0.05, 0.1) is 6.61 Å².